The molecular formula is C10H20N2O2. The first kappa shape index (κ1) is 11.5. The third-order valence-corrected chi connectivity index (χ3v) is 2.80. The van der Waals surface area contributed by atoms with Gasteiger partial charge in [-0.3, -0.25) is 9.69 Å². The fourth-order valence-electron chi connectivity index (χ4n) is 1.99. The number of carboxylic acids is 1. The highest BCUT2D eigenvalue weighted by molar-refractivity contribution is 5.66. The number of likely N-dealkylation sites (N-methyl/N-ethyl adjacent to an activating group) is 1. The van der Waals surface area contributed by atoms with Crippen LogP contribution in [0.3, 0.4) is 0 Å². The summed E-state index contributed by atoms with van der Waals surface area (Å²) >= 11 is 0. The number of carboxylic acid groups (broad SMARTS) is 1. The largest absolute Gasteiger partial charge is 0.481 e. The van der Waals surface area contributed by atoms with Gasteiger partial charge in [-0.1, -0.05) is 0 Å². The second-order valence-corrected chi connectivity index (χ2v) is 4.14. The minimum Gasteiger partial charge on any atom is -0.481 e. The van der Waals surface area contributed by atoms with Gasteiger partial charge in [-0.05, 0) is 33.5 Å². The van der Waals surface area contributed by atoms with Crippen LogP contribution in [0.5, 0.6) is 0 Å². The Bertz CT molecular complexity index is 197. The fourth-order valence-corrected chi connectivity index (χ4v) is 1.99. The Balaban J connectivity index is 2.38. The molecule has 1 aliphatic heterocycles. The molecule has 4 heteroatoms. The minimum absolute atomic E-state index is 0.258. The van der Waals surface area contributed by atoms with Crippen LogP contribution in [0, 0.1) is 0 Å². The number of aliphatic carboxylic acids is 1. The summed E-state index contributed by atoms with van der Waals surface area (Å²) in [4.78, 5) is 15.0. The maximum Gasteiger partial charge on any atom is 0.304 e. The van der Waals surface area contributed by atoms with Gasteiger partial charge in [0.2, 0.25) is 0 Å². The quantitative estimate of drug-likeness (QED) is 0.720. The number of carbonyl (C=O) groups is 1. The van der Waals surface area contributed by atoms with Gasteiger partial charge in [0.25, 0.3) is 0 Å². The van der Waals surface area contributed by atoms with E-state index in [9.17, 15) is 4.79 Å². The van der Waals surface area contributed by atoms with Gasteiger partial charge >= 0.3 is 5.97 Å². The smallest absolute Gasteiger partial charge is 0.304 e. The molecule has 1 rings (SSSR count). The van der Waals surface area contributed by atoms with Crippen molar-refractivity contribution in [2.45, 2.75) is 25.8 Å². The molecule has 0 saturated carbocycles. The Morgan fingerprint density at radius 1 is 1.50 bits per heavy atom. The molecule has 82 valence electrons. The van der Waals surface area contributed by atoms with Crippen LogP contribution in [0.15, 0.2) is 0 Å². The Hall–Kier alpha value is -0.610. The van der Waals surface area contributed by atoms with Crippen LogP contribution in [0.25, 0.3) is 0 Å². The summed E-state index contributed by atoms with van der Waals surface area (Å²) in [6.45, 7) is 6.04. The lowest BCUT2D eigenvalue weighted by atomic mass is 10.2. The van der Waals surface area contributed by atoms with Gasteiger partial charge in [0.1, 0.15) is 0 Å². The molecule has 4 nitrogen and oxygen atoms in total. The molecule has 0 spiro atoms. The summed E-state index contributed by atoms with van der Waals surface area (Å²) < 4.78 is 0. The Morgan fingerprint density at radius 2 is 2.21 bits per heavy atom. The van der Waals surface area contributed by atoms with Crippen molar-refractivity contribution in [1.29, 1.82) is 0 Å². The first-order valence-corrected chi connectivity index (χ1v) is 5.24. The van der Waals surface area contributed by atoms with Crippen molar-refractivity contribution in [3.8, 4) is 0 Å². The predicted octanol–water partition coefficient (Wildman–Crippen LogP) is 0.487. The standard InChI is InChI=1S/C10H20N2O2/c1-9-8-11(2)5-3-6-12(9)7-4-10(13)14/h9H,3-8H2,1-2H3,(H,13,14). The highest BCUT2D eigenvalue weighted by Crippen LogP contribution is 2.08. The van der Waals surface area contributed by atoms with E-state index in [4.69, 9.17) is 5.11 Å². The number of hydrogen-bond acceptors (Lipinski definition) is 3. The van der Waals surface area contributed by atoms with E-state index in [1.165, 1.54) is 0 Å². The van der Waals surface area contributed by atoms with E-state index in [1.807, 2.05) is 0 Å². The van der Waals surface area contributed by atoms with Crippen LogP contribution in [-0.2, 0) is 4.79 Å². The Morgan fingerprint density at radius 3 is 2.86 bits per heavy atom. The van der Waals surface area contributed by atoms with E-state index in [0.717, 1.165) is 26.1 Å². The summed E-state index contributed by atoms with van der Waals surface area (Å²) in [6, 6.07) is 0.474. The molecule has 1 unspecified atom stereocenters. The lowest BCUT2D eigenvalue weighted by molar-refractivity contribution is -0.137. The van der Waals surface area contributed by atoms with Crippen LogP contribution in [0.1, 0.15) is 19.8 Å². The fraction of sp³-hybridized carbons (Fsp3) is 0.900. The molecule has 1 atom stereocenters. The molecule has 0 bridgehead atoms. The third-order valence-electron chi connectivity index (χ3n) is 2.80. The zero-order valence-electron chi connectivity index (χ0n) is 9.07. The Kier molecular flexibility index (Phi) is 4.35. The summed E-state index contributed by atoms with van der Waals surface area (Å²) in [5.74, 6) is -0.699. The molecule has 0 amide bonds. The average molecular weight is 200 g/mol. The van der Waals surface area contributed by atoms with Gasteiger partial charge in [0, 0.05) is 19.1 Å². The van der Waals surface area contributed by atoms with Crippen LogP contribution in [-0.4, -0.2) is 60.1 Å². The number of nitrogens with zero attached hydrogens (tertiary/aromatic N) is 2. The molecule has 1 N–H and O–H groups in total. The summed E-state index contributed by atoms with van der Waals surface area (Å²) in [7, 11) is 2.12. The van der Waals surface area contributed by atoms with Gasteiger partial charge in [0.15, 0.2) is 0 Å². The molecule has 1 fully saturated rings. The van der Waals surface area contributed by atoms with E-state index in [2.05, 4.69) is 23.8 Å². The first-order valence-electron chi connectivity index (χ1n) is 5.24. The highest BCUT2D eigenvalue weighted by atomic mass is 16.4. The molecule has 1 saturated heterocycles. The highest BCUT2D eigenvalue weighted by Gasteiger charge is 2.19. The number of hydrogen-bond donors (Lipinski definition) is 1. The van der Waals surface area contributed by atoms with Crippen molar-refractivity contribution in [2.24, 2.45) is 0 Å². The monoisotopic (exact) mass is 200 g/mol. The topological polar surface area (TPSA) is 43.8 Å². The van der Waals surface area contributed by atoms with Crippen LogP contribution >= 0.6 is 0 Å². The lowest BCUT2D eigenvalue weighted by Gasteiger charge is -2.27. The third kappa shape index (κ3) is 3.64. The van der Waals surface area contributed by atoms with Crippen LogP contribution in [0.2, 0.25) is 0 Å². The zero-order chi connectivity index (χ0) is 10.6. The molecule has 14 heavy (non-hydrogen) atoms. The van der Waals surface area contributed by atoms with Gasteiger partial charge in [0.05, 0.1) is 6.42 Å². The van der Waals surface area contributed by atoms with E-state index >= 15 is 0 Å². The normalized spacial score (nSPS) is 26.0. The van der Waals surface area contributed by atoms with Crippen molar-refractivity contribution in [3.05, 3.63) is 0 Å². The first-order chi connectivity index (χ1) is 6.59. The van der Waals surface area contributed by atoms with E-state index in [1.54, 1.807) is 0 Å². The molecule has 0 aliphatic carbocycles. The lowest BCUT2D eigenvalue weighted by Crippen LogP contribution is -2.39. The van der Waals surface area contributed by atoms with Gasteiger partial charge in [-0.15, -0.1) is 0 Å². The maximum atomic E-state index is 10.5. The molecule has 1 aliphatic rings. The van der Waals surface area contributed by atoms with E-state index in [-0.39, 0.29) is 6.42 Å². The molecular weight excluding hydrogens is 180 g/mol. The molecule has 1 heterocycles. The second kappa shape index (κ2) is 5.32. The Labute approximate surface area is 85.5 Å². The van der Waals surface area contributed by atoms with Gasteiger partial charge in [-0.25, -0.2) is 0 Å². The zero-order valence-corrected chi connectivity index (χ0v) is 9.07. The van der Waals surface area contributed by atoms with Crippen LogP contribution < -0.4 is 0 Å². The van der Waals surface area contributed by atoms with Crippen molar-refractivity contribution < 1.29 is 9.90 Å². The van der Waals surface area contributed by atoms with E-state index in [0.29, 0.717) is 12.6 Å². The molecule has 0 aromatic carbocycles. The summed E-state index contributed by atoms with van der Waals surface area (Å²) in [5, 5.41) is 8.62. The molecule has 0 aromatic heterocycles. The average Bonchev–Trinajstić information content (AvgIpc) is 2.23. The SMILES string of the molecule is CC1CN(C)CCCN1CCC(=O)O. The van der Waals surface area contributed by atoms with Crippen molar-refractivity contribution in [2.75, 3.05) is 33.2 Å². The van der Waals surface area contributed by atoms with E-state index < -0.39 is 5.97 Å². The predicted molar refractivity (Wildman–Crippen MR) is 55.4 cm³/mol. The maximum absolute atomic E-state index is 10.5. The van der Waals surface area contributed by atoms with Crippen molar-refractivity contribution in [1.82, 2.24) is 9.80 Å². The van der Waals surface area contributed by atoms with Gasteiger partial charge < -0.3 is 10.0 Å². The summed E-state index contributed by atoms with van der Waals surface area (Å²) in [5.41, 5.74) is 0. The molecule has 0 aromatic rings. The molecule has 0 radical (unpaired) electrons. The van der Waals surface area contributed by atoms with Crippen LogP contribution in [0.4, 0.5) is 0 Å². The minimum atomic E-state index is -0.699. The van der Waals surface area contributed by atoms with Crippen molar-refractivity contribution in [3.63, 3.8) is 0 Å². The van der Waals surface area contributed by atoms with Gasteiger partial charge in [-0.2, -0.15) is 0 Å². The number of rotatable bonds is 3. The second-order valence-electron chi connectivity index (χ2n) is 4.14. The summed E-state index contributed by atoms with van der Waals surface area (Å²) in [6.07, 6.45) is 1.40. The van der Waals surface area contributed by atoms with Crippen molar-refractivity contribution >= 4 is 5.97 Å².